The third kappa shape index (κ3) is 6.59. The van der Waals surface area contributed by atoms with Crippen LogP contribution >= 0.6 is 0 Å². The summed E-state index contributed by atoms with van der Waals surface area (Å²) in [7, 11) is 0. The van der Waals surface area contributed by atoms with Crippen molar-refractivity contribution in [3.05, 3.63) is 77.9 Å². The van der Waals surface area contributed by atoms with Crippen molar-refractivity contribution in [1.29, 1.82) is 0 Å². The lowest BCUT2D eigenvalue weighted by atomic mass is 9.78. The minimum absolute atomic E-state index is 0.0328. The van der Waals surface area contributed by atoms with E-state index in [0.29, 0.717) is 29.2 Å². The summed E-state index contributed by atoms with van der Waals surface area (Å²) in [6.45, 7) is -0.697. The van der Waals surface area contributed by atoms with Crippen molar-refractivity contribution in [2.24, 2.45) is 11.8 Å². The summed E-state index contributed by atoms with van der Waals surface area (Å²) in [6, 6.07) is 16.8. The van der Waals surface area contributed by atoms with Crippen molar-refractivity contribution < 1.29 is 27.0 Å². The molecule has 4 rings (SSSR count). The Hall–Kier alpha value is -3.02. The third-order valence-electron chi connectivity index (χ3n) is 7.04. The predicted octanol–water partition coefficient (Wildman–Crippen LogP) is 9.36. The molecular weight excluding hydrogens is 468 g/mol. The second-order valence-electron chi connectivity index (χ2n) is 9.47. The first-order valence-corrected chi connectivity index (χ1v) is 12.6. The first kappa shape index (κ1) is 26.1. The molecule has 1 fully saturated rings. The highest BCUT2D eigenvalue weighted by Crippen LogP contribution is 2.37. The van der Waals surface area contributed by atoms with E-state index in [-0.39, 0.29) is 17.1 Å². The number of hydrogen-bond donors (Lipinski definition) is 0. The van der Waals surface area contributed by atoms with E-state index in [9.17, 15) is 13.2 Å². The lowest BCUT2D eigenvalue weighted by Gasteiger charge is -2.28. The fourth-order valence-corrected chi connectivity index (χ4v) is 5.11. The highest BCUT2D eigenvalue weighted by Gasteiger charge is 2.23. The number of para-hydroxylation sites is 1. The largest absolute Gasteiger partial charge is 0.453 e. The molecule has 1 aliphatic rings. The molecular formula is C30H31F4O2. The predicted molar refractivity (Wildman–Crippen MR) is 132 cm³/mol. The molecule has 0 amide bonds. The molecule has 6 heteroatoms. The van der Waals surface area contributed by atoms with Gasteiger partial charge in [0.05, 0.1) is 0 Å². The number of halogens is 4. The summed E-state index contributed by atoms with van der Waals surface area (Å²) in [5.41, 5.74) is 1.34. The van der Waals surface area contributed by atoms with Crippen molar-refractivity contribution in [3.63, 3.8) is 0 Å². The first-order valence-electron chi connectivity index (χ1n) is 12.6. The van der Waals surface area contributed by atoms with E-state index >= 15 is 4.39 Å². The molecule has 0 saturated heterocycles. The van der Waals surface area contributed by atoms with E-state index in [2.05, 4.69) is 17.7 Å². The van der Waals surface area contributed by atoms with Crippen molar-refractivity contribution in [1.82, 2.24) is 0 Å². The Morgan fingerprint density at radius 3 is 2.25 bits per heavy atom. The molecule has 191 valence electrons. The number of alkyl halides is 2. The zero-order valence-corrected chi connectivity index (χ0v) is 20.4. The van der Waals surface area contributed by atoms with Gasteiger partial charge in [-0.1, -0.05) is 75.8 Å². The van der Waals surface area contributed by atoms with Gasteiger partial charge in [0.2, 0.25) is 0 Å². The average molecular weight is 500 g/mol. The Kier molecular flexibility index (Phi) is 8.89. The normalized spacial score (nSPS) is 17.8. The third-order valence-corrected chi connectivity index (χ3v) is 7.04. The highest BCUT2D eigenvalue weighted by atomic mass is 19.3. The maximum atomic E-state index is 15.4. The van der Waals surface area contributed by atoms with Gasteiger partial charge >= 0.3 is 6.61 Å². The van der Waals surface area contributed by atoms with Crippen LogP contribution in [0.25, 0.3) is 11.1 Å². The lowest BCUT2D eigenvalue weighted by Crippen LogP contribution is -2.15. The van der Waals surface area contributed by atoms with Crippen LogP contribution in [0.15, 0.2) is 54.6 Å². The van der Waals surface area contributed by atoms with E-state index in [1.54, 1.807) is 36.4 Å². The molecule has 3 aromatic carbocycles. The standard InChI is InChI=1S/C30H31F4O2/c1-2-5-20-8-10-21(11-9-20)12-17-25-26(31)18-19-28(29(25)32)36-27-7-4-3-6-24(27)22-13-15-23(16-14-22)35-30(33)34/h3-4,6-7,13-16,18,20-21,30H,2,5,8-12,17H2,1H3/t20-,21-. The minimum Gasteiger partial charge on any atom is -0.453 e. The number of hydrogen-bond acceptors (Lipinski definition) is 2. The maximum Gasteiger partial charge on any atom is 0.387 e. The van der Waals surface area contributed by atoms with Crippen LogP contribution < -0.4 is 9.47 Å². The number of benzene rings is 3. The summed E-state index contributed by atoms with van der Waals surface area (Å²) in [6.07, 6.45) is 8.17. The second kappa shape index (κ2) is 12.3. The summed E-state index contributed by atoms with van der Waals surface area (Å²) in [5, 5.41) is 0. The van der Waals surface area contributed by atoms with E-state index in [0.717, 1.165) is 31.2 Å². The topological polar surface area (TPSA) is 18.5 Å². The van der Waals surface area contributed by atoms with Crippen LogP contribution in [0, 0.1) is 29.5 Å². The van der Waals surface area contributed by atoms with E-state index in [1.165, 1.54) is 37.8 Å². The Balaban J connectivity index is 1.47. The van der Waals surface area contributed by atoms with Crippen LogP contribution in [0.4, 0.5) is 17.6 Å². The first-order chi connectivity index (χ1) is 17.4. The van der Waals surface area contributed by atoms with Gasteiger partial charge in [-0.05, 0) is 54.5 Å². The molecule has 3 aromatic rings. The molecule has 2 nitrogen and oxygen atoms in total. The smallest absolute Gasteiger partial charge is 0.387 e. The van der Waals surface area contributed by atoms with Crippen molar-refractivity contribution in [2.75, 3.05) is 0 Å². The zero-order chi connectivity index (χ0) is 25.5. The molecule has 0 bridgehead atoms. The van der Waals surface area contributed by atoms with Crippen LogP contribution in [0.2, 0.25) is 0 Å². The minimum atomic E-state index is -2.91. The van der Waals surface area contributed by atoms with Gasteiger partial charge in [0.1, 0.15) is 17.3 Å². The van der Waals surface area contributed by atoms with E-state index < -0.39 is 18.2 Å². The monoisotopic (exact) mass is 499 g/mol. The summed E-state index contributed by atoms with van der Waals surface area (Å²) >= 11 is 0. The van der Waals surface area contributed by atoms with Gasteiger partial charge in [-0.25, -0.2) is 8.78 Å². The van der Waals surface area contributed by atoms with Crippen molar-refractivity contribution >= 4 is 0 Å². The number of rotatable bonds is 10. The highest BCUT2D eigenvalue weighted by molar-refractivity contribution is 5.71. The van der Waals surface area contributed by atoms with Gasteiger partial charge in [0.25, 0.3) is 0 Å². The van der Waals surface area contributed by atoms with Crippen LogP contribution in [0.5, 0.6) is 17.2 Å². The van der Waals surface area contributed by atoms with Gasteiger partial charge in [-0.2, -0.15) is 8.78 Å². The Morgan fingerprint density at radius 2 is 1.58 bits per heavy atom. The fourth-order valence-electron chi connectivity index (χ4n) is 5.11. The Morgan fingerprint density at radius 1 is 0.917 bits per heavy atom. The molecule has 0 N–H and O–H groups in total. The van der Waals surface area contributed by atoms with E-state index in [4.69, 9.17) is 4.74 Å². The fraction of sp³-hybridized carbons (Fsp3) is 0.400. The second-order valence-corrected chi connectivity index (χ2v) is 9.47. The van der Waals surface area contributed by atoms with Crippen molar-refractivity contribution in [3.8, 4) is 28.4 Å². The van der Waals surface area contributed by atoms with Gasteiger partial charge < -0.3 is 9.47 Å². The summed E-state index contributed by atoms with van der Waals surface area (Å²) in [4.78, 5) is 0. The summed E-state index contributed by atoms with van der Waals surface area (Å²) < 4.78 is 65.1. The van der Waals surface area contributed by atoms with E-state index in [1.807, 2.05) is 0 Å². The Bertz CT molecular complexity index is 1120. The quantitative estimate of drug-likeness (QED) is 0.259. The van der Waals surface area contributed by atoms with Crippen LogP contribution in [0.1, 0.15) is 57.4 Å². The lowest BCUT2D eigenvalue weighted by molar-refractivity contribution is -0.0498. The molecule has 0 heterocycles. The molecule has 1 saturated carbocycles. The molecule has 0 unspecified atom stereocenters. The van der Waals surface area contributed by atoms with Crippen LogP contribution in [-0.2, 0) is 6.42 Å². The van der Waals surface area contributed by atoms with Crippen LogP contribution in [-0.4, -0.2) is 6.61 Å². The molecule has 0 aromatic heterocycles. The van der Waals surface area contributed by atoms with Crippen molar-refractivity contribution in [2.45, 2.75) is 64.9 Å². The molecule has 36 heavy (non-hydrogen) atoms. The average Bonchev–Trinajstić information content (AvgIpc) is 2.87. The van der Waals surface area contributed by atoms with Crippen LogP contribution in [0.3, 0.4) is 0 Å². The molecule has 1 aliphatic carbocycles. The van der Waals surface area contributed by atoms with Gasteiger partial charge in [-0.3, -0.25) is 0 Å². The Labute approximate surface area is 210 Å². The molecule has 0 atom stereocenters. The molecule has 0 aliphatic heterocycles. The zero-order valence-electron chi connectivity index (χ0n) is 20.4. The van der Waals surface area contributed by atoms with Gasteiger partial charge in [0.15, 0.2) is 11.6 Å². The molecule has 1 radical (unpaired) electrons. The molecule has 0 spiro atoms. The number of ether oxygens (including phenoxy) is 2. The maximum absolute atomic E-state index is 15.4. The van der Waals surface area contributed by atoms with Gasteiger partial charge in [-0.15, -0.1) is 0 Å². The van der Waals surface area contributed by atoms with Gasteiger partial charge in [0, 0.05) is 17.2 Å². The summed E-state index contributed by atoms with van der Waals surface area (Å²) in [5.74, 6) is 0.161. The SMILES string of the molecule is CCC[C@H]1CC[C@H](CCc2c(F)c[c]c(Oc3ccccc3-c3ccc(OC(F)F)cc3)c2F)CC1.